The third-order valence-electron chi connectivity index (χ3n) is 3.83. The van der Waals surface area contributed by atoms with Crippen LogP contribution >= 0.6 is 0 Å². The SMILES string of the molecule is CCOc1cccnc1NC(=O)CCC1CCCCC1. The average Bonchev–Trinajstić information content (AvgIpc) is 2.49. The van der Waals surface area contributed by atoms with Crippen molar-refractivity contribution in [1.82, 2.24) is 4.98 Å². The molecule has 0 radical (unpaired) electrons. The lowest BCUT2D eigenvalue weighted by Gasteiger charge is -2.21. The monoisotopic (exact) mass is 276 g/mol. The first-order valence-corrected chi connectivity index (χ1v) is 7.67. The third kappa shape index (κ3) is 4.51. The Kier molecular flexibility index (Phi) is 5.84. The largest absolute Gasteiger partial charge is 0.490 e. The van der Waals surface area contributed by atoms with Crippen molar-refractivity contribution in [2.45, 2.75) is 51.9 Å². The van der Waals surface area contributed by atoms with E-state index in [9.17, 15) is 4.79 Å². The summed E-state index contributed by atoms with van der Waals surface area (Å²) in [5, 5.41) is 2.86. The van der Waals surface area contributed by atoms with Crippen LogP contribution in [0, 0.1) is 5.92 Å². The first-order chi connectivity index (χ1) is 9.79. The molecule has 2 rings (SSSR count). The van der Waals surface area contributed by atoms with Crippen molar-refractivity contribution in [2.75, 3.05) is 11.9 Å². The van der Waals surface area contributed by atoms with E-state index in [4.69, 9.17) is 4.74 Å². The lowest BCUT2D eigenvalue weighted by molar-refractivity contribution is -0.116. The highest BCUT2D eigenvalue weighted by Gasteiger charge is 2.15. The van der Waals surface area contributed by atoms with Gasteiger partial charge < -0.3 is 10.1 Å². The number of nitrogens with one attached hydrogen (secondary N) is 1. The van der Waals surface area contributed by atoms with Crippen LogP contribution < -0.4 is 10.1 Å². The van der Waals surface area contributed by atoms with Crippen molar-refractivity contribution in [2.24, 2.45) is 5.92 Å². The van der Waals surface area contributed by atoms with Crippen LogP contribution in [0.4, 0.5) is 5.82 Å². The Morgan fingerprint density at radius 2 is 2.20 bits per heavy atom. The first-order valence-electron chi connectivity index (χ1n) is 7.67. The lowest BCUT2D eigenvalue weighted by Crippen LogP contribution is -2.16. The van der Waals surface area contributed by atoms with E-state index in [0.717, 1.165) is 12.3 Å². The Bertz CT molecular complexity index is 428. The van der Waals surface area contributed by atoms with Crippen molar-refractivity contribution < 1.29 is 9.53 Å². The zero-order valence-corrected chi connectivity index (χ0v) is 12.2. The molecule has 1 amide bonds. The summed E-state index contributed by atoms with van der Waals surface area (Å²) < 4.78 is 5.46. The molecule has 1 saturated carbocycles. The number of nitrogens with zero attached hydrogens (tertiary/aromatic N) is 1. The number of ether oxygens (including phenoxy) is 1. The van der Waals surface area contributed by atoms with E-state index in [1.807, 2.05) is 19.1 Å². The lowest BCUT2D eigenvalue weighted by atomic mass is 9.86. The summed E-state index contributed by atoms with van der Waals surface area (Å²) in [6.07, 6.45) is 9.78. The van der Waals surface area contributed by atoms with Crippen LogP contribution in [0.15, 0.2) is 18.3 Å². The molecule has 0 bridgehead atoms. The summed E-state index contributed by atoms with van der Waals surface area (Å²) >= 11 is 0. The van der Waals surface area contributed by atoms with Gasteiger partial charge in [0.15, 0.2) is 11.6 Å². The zero-order valence-electron chi connectivity index (χ0n) is 12.2. The molecule has 0 atom stereocenters. The minimum Gasteiger partial charge on any atom is -0.490 e. The highest BCUT2D eigenvalue weighted by atomic mass is 16.5. The maximum atomic E-state index is 12.0. The predicted molar refractivity (Wildman–Crippen MR) is 79.8 cm³/mol. The van der Waals surface area contributed by atoms with Gasteiger partial charge in [-0.2, -0.15) is 0 Å². The molecule has 1 aromatic rings. The van der Waals surface area contributed by atoms with Gasteiger partial charge in [-0.1, -0.05) is 32.1 Å². The van der Waals surface area contributed by atoms with Gasteiger partial charge in [-0.05, 0) is 31.4 Å². The predicted octanol–water partition coefficient (Wildman–Crippen LogP) is 3.78. The number of amides is 1. The highest BCUT2D eigenvalue weighted by Crippen LogP contribution is 2.27. The quantitative estimate of drug-likeness (QED) is 0.860. The molecule has 1 aliphatic rings. The van der Waals surface area contributed by atoms with Crippen LogP contribution in [-0.2, 0) is 4.79 Å². The van der Waals surface area contributed by atoms with Gasteiger partial charge in [0.05, 0.1) is 6.61 Å². The molecule has 1 heterocycles. The molecule has 20 heavy (non-hydrogen) atoms. The fourth-order valence-corrected chi connectivity index (χ4v) is 2.76. The summed E-state index contributed by atoms with van der Waals surface area (Å²) in [5.41, 5.74) is 0. The number of aromatic nitrogens is 1. The second kappa shape index (κ2) is 7.88. The van der Waals surface area contributed by atoms with Gasteiger partial charge in [0.1, 0.15) is 0 Å². The number of carbonyl (C=O) groups is 1. The van der Waals surface area contributed by atoms with Crippen molar-refractivity contribution in [3.63, 3.8) is 0 Å². The second-order valence-corrected chi connectivity index (χ2v) is 5.37. The molecule has 1 aliphatic carbocycles. The fraction of sp³-hybridized carbons (Fsp3) is 0.625. The Labute approximate surface area is 120 Å². The Morgan fingerprint density at radius 3 is 2.95 bits per heavy atom. The number of anilines is 1. The van der Waals surface area contributed by atoms with Crippen molar-refractivity contribution in [1.29, 1.82) is 0 Å². The van der Waals surface area contributed by atoms with Crippen molar-refractivity contribution in [3.8, 4) is 5.75 Å². The van der Waals surface area contributed by atoms with E-state index in [2.05, 4.69) is 10.3 Å². The number of rotatable bonds is 6. The molecule has 0 aliphatic heterocycles. The normalized spacial score (nSPS) is 15.8. The van der Waals surface area contributed by atoms with Gasteiger partial charge in [0.25, 0.3) is 0 Å². The maximum absolute atomic E-state index is 12.0. The smallest absolute Gasteiger partial charge is 0.225 e. The van der Waals surface area contributed by atoms with Crippen molar-refractivity contribution in [3.05, 3.63) is 18.3 Å². The average molecular weight is 276 g/mol. The maximum Gasteiger partial charge on any atom is 0.225 e. The molecule has 1 fully saturated rings. The van der Waals surface area contributed by atoms with E-state index in [0.29, 0.717) is 24.6 Å². The molecular weight excluding hydrogens is 252 g/mol. The number of pyridine rings is 1. The zero-order chi connectivity index (χ0) is 14.2. The molecule has 0 saturated heterocycles. The van der Waals surface area contributed by atoms with E-state index in [1.54, 1.807) is 6.20 Å². The van der Waals surface area contributed by atoms with Gasteiger partial charge in [0.2, 0.25) is 5.91 Å². The van der Waals surface area contributed by atoms with Crippen LogP contribution in [0.25, 0.3) is 0 Å². The highest BCUT2D eigenvalue weighted by molar-refractivity contribution is 5.91. The summed E-state index contributed by atoms with van der Waals surface area (Å²) in [6.45, 7) is 2.48. The fourth-order valence-electron chi connectivity index (χ4n) is 2.76. The van der Waals surface area contributed by atoms with Crippen LogP contribution in [0.3, 0.4) is 0 Å². The molecule has 0 unspecified atom stereocenters. The number of hydrogen-bond acceptors (Lipinski definition) is 3. The Hall–Kier alpha value is -1.58. The van der Waals surface area contributed by atoms with Gasteiger partial charge in [-0.3, -0.25) is 4.79 Å². The van der Waals surface area contributed by atoms with E-state index in [1.165, 1.54) is 32.1 Å². The molecule has 1 aromatic heterocycles. The summed E-state index contributed by atoms with van der Waals surface area (Å²) in [5.74, 6) is 1.93. The van der Waals surface area contributed by atoms with Gasteiger partial charge in [0, 0.05) is 12.6 Å². The molecular formula is C16H24N2O2. The van der Waals surface area contributed by atoms with Gasteiger partial charge >= 0.3 is 0 Å². The summed E-state index contributed by atoms with van der Waals surface area (Å²) in [4.78, 5) is 16.2. The summed E-state index contributed by atoms with van der Waals surface area (Å²) in [6, 6.07) is 3.63. The molecule has 1 N–H and O–H groups in total. The van der Waals surface area contributed by atoms with Gasteiger partial charge in [-0.15, -0.1) is 0 Å². The van der Waals surface area contributed by atoms with Crippen LogP contribution in [-0.4, -0.2) is 17.5 Å². The number of carbonyl (C=O) groups excluding carboxylic acids is 1. The first kappa shape index (κ1) is 14.8. The molecule has 110 valence electrons. The Balaban J connectivity index is 1.81. The Morgan fingerprint density at radius 1 is 1.40 bits per heavy atom. The van der Waals surface area contributed by atoms with Crippen molar-refractivity contribution >= 4 is 11.7 Å². The summed E-state index contributed by atoms with van der Waals surface area (Å²) in [7, 11) is 0. The molecule has 4 nitrogen and oxygen atoms in total. The minimum atomic E-state index is 0.0372. The van der Waals surface area contributed by atoms with E-state index < -0.39 is 0 Å². The van der Waals surface area contributed by atoms with Crippen LogP contribution in [0.1, 0.15) is 51.9 Å². The van der Waals surface area contributed by atoms with E-state index >= 15 is 0 Å². The van der Waals surface area contributed by atoms with Gasteiger partial charge in [-0.25, -0.2) is 4.98 Å². The molecule has 0 aromatic carbocycles. The molecule has 0 spiro atoms. The third-order valence-corrected chi connectivity index (χ3v) is 3.83. The standard InChI is InChI=1S/C16H24N2O2/c1-2-20-14-9-6-12-17-16(14)18-15(19)11-10-13-7-4-3-5-8-13/h6,9,12-13H,2-5,7-8,10-11H2,1H3,(H,17,18,19). The second-order valence-electron chi connectivity index (χ2n) is 5.37. The van der Waals surface area contributed by atoms with Crippen LogP contribution in [0.2, 0.25) is 0 Å². The molecule has 4 heteroatoms. The van der Waals surface area contributed by atoms with Crippen LogP contribution in [0.5, 0.6) is 5.75 Å². The van der Waals surface area contributed by atoms with E-state index in [-0.39, 0.29) is 5.91 Å². The number of hydrogen-bond donors (Lipinski definition) is 1. The minimum absolute atomic E-state index is 0.0372. The topological polar surface area (TPSA) is 51.2 Å².